The van der Waals surface area contributed by atoms with Crippen molar-refractivity contribution in [1.82, 2.24) is 9.21 Å². The Bertz CT molecular complexity index is 610. The molecular weight excluding hydrogens is 324 g/mol. The van der Waals surface area contributed by atoms with Crippen molar-refractivity contribution in [3.8, 4) is 0 Å². The summed E-state index contributed by atoms with van der Waals surface area (Å²) in [5, 5.41) is 0. The first kappa shape index (κ1) is 19.4. The normalized spacial score (nSPS) is 18.6. The molecule has 1 aliphatic heterocycles. The van der Waals surface area contributed by atoms with Gasteiger partial charge in [0.25, 0.3) is 0 Å². The van der Waals surface area contributed by atoms with Gasteiger partial charge in [0.2, 0.25) is 10.0 Å². The molecule has 1 atom stereocenters. The first-order valence-electron chi connectivity index (χ1n) is 8.66. The Balaban J connectivity index is 1.94. The molecule has 1 aromatic rings. The Morgan fingerprint density at radius 3 is 2.71 bits per heavy atom. The molecule has 5 nitrogen and oxygen atoms in total. The van der Waals surface area contributed by atoms with E-state index in [1.807, 2.05) is 0 Å². The van der Waals surface area contributed by atoms with Crippen LogP contribution in [0, 0.1) is 6.92 Å². The summed E-state index contributed by atoms with van der Waals surface area (Å²) in [6.45, 7) is 5.41. The van der Waals surface area contributed by atoms with Crippen LogP contribution < -0.4 is 0 Å². The zero-order valence-electron chi connectivity index (χ0n) is 15.1. The van der Waals surface area contributed by atoms with E-state index in [0.717, 1.165) is 39.1 Å². The highest BCUT2D eigenvalue weighted by atomic mass is 32.2. The standard InChI is InChI=1S/C18H30N2O3S/c1-16-7-4-8-17(13-16)14-20(15-18-9-5-11-23-18)10-6-12-24(21,22)19(2)3/h4,7-8,13,18H,5-6,9-12,14-15H2,1-3H3. The molecule has 0 spiro atoms. The monoisotopic (exact) mass is 354 g/mol. The number of aryl methyl sites for hydroxylation is 1. The van der Waals surface area contributed by atoms with Gasteiger partial charge in [0.1, 0.15) is 0 Å². The number of hydrogen-bond donors (Lipinski definition) is 0. The minimum atomic E-state index is -3.13. The van der Waals surface area contributed by atoms with E-state index in [1.165, 1.54) is 15.4 Å². The summed E-state index contributed by atoms with van der Waals surface area (Å²) < 4.78 is 30.9. The number of hydrogen-bond acceptors (Lipinski definition) is 4. The largest absolute Gasteiger partial charge is 0.377 e. The quantitative estimate of drug-likeness (QED) is 0.682. The second-order valence-electron chi connectivity index (χ2n) is 6.81. The van der Waals surface area contributed by atoms with Crippen molar-refractivity contribution in [3.05, 3.63) is 35.4 Å². The molecule has 0 bridgehead atoms. The topological polar surface area (TPSA) is 49.9 Å². The van der Waals surface area contributed by atoms with Crippen LogP contribution in [0.15, 0.2) is 24.3 Å². The first-order chi connectivity index (χ1) is 11.4. The smallest absolute Gasteiger partial charge is 0.213 e. The molecule has 0 radical (unpaired) electrons. The van der Waals surface area contributed by atoms with Crippen LogP contribution in [0.3, 0.4) is 0 Å². The van der Waals surface area contributed by atoms with Gasteiger partial charge in [-0.15, -0.1) is 0 Å². The number of ether oxygens (including phenoxy) is 1. The summed E-state index contributed by atoms with van der Waals surface area (Å²) in [4.78, 5) is 2.33. The molecule has 1 heterocycles. The predicted octanol–water partition coefficient (Wildman–Crippen LogP) is 2.26. The highest BCUT2D eigenvalue weighted by Gasteiger charge is 2.20. The summed E-state index contributed by atoms with van der Waals surface area (Å²) in [5.74, 6) is 0.190. The summed E-state index contributed by atoms with van der Waals surface area (Å²) >= 11 is 0. The molecule has 0 amide bonds. The maximum absolute atomic E-state index is 11.9. The second kappa shape index (κ2) is 8.94. The Kier molecular flexibility index (Phi) is 7.22. The Labute approximate surface area is 146 Å². The van der Waals surface area contributed by atoms with Crippen molar-refractivity contribution in [3.63, 3.8) is 0 Å². The zero-order valence-corrected chi connectivity index (χ0v) is 15.9. The molecule has 2 rings (SSSR count). The van der Waals surface area contributed by atoms with E-state index in [1.54, 1.807) is 14.1 Å². The molecule has 6 heteroatoms. The van der Waals surface area contributed by atoms with E-state index in [4.69, 9.17) is 4.74 Å². The van der Waals surface area contributed by atoms with Crippen molar-refractivity contribution < 1.29 is 13.2 Å². The lowest BCUT2D eigenvalue weighted by Crippen LogP contribution is -2.34. The fraction of sp³-hybridized carbons (Fsp3) is 0.667. The van der Waals surface area contributed by atoms with Gasteiger partial charge in [0.15, 0.2) is 0 Å². The van der Waals surface area contributed by atoms with Gasteiger partial charge in [-0.3, -0.25) is 4.90 Å². The lowest BCUT2D eigenvalue weighted by Gasteiger charge is -2.25. The van der Waals surface area contributed by atoms with Gasteiger partial charge < -0.3 is 4.74 Å². The molecule has 1 saturated heterocycles. The van der Waals surface area contributed by atoms with E-state index in [9.17, 15) is 8.42 Å². The van der Waals surface area contributed by atoms with Gasteiger partial charge in [-0.2, -0.15) is 0 Å². The van der Waals surface area contributed by atoms with Gasteiger partial charge in [0, 0.05) is 33.8 Å². The van der Waals surface area contributed by atoms with Crippen molar-refractivity contribution in [2.45, 2.75) is 38.8 Å². The third-order valence-corrected chi connectivity index (χ3v) is 6.32. The average Bonchev–Trinajstić information content (AvgIpc) is 2.99. The second-order valence-corrected chi connectivity index (χ2v) is 9.11. The van der Waals surface area contributed by atoms with Crippen LogP contribution in [0.1, 0.15) is 30.4 Å². The third-order valence-electron chi connectivity index (χ3n) is 4.41. The molecule has 0 N–H and O–H groups in total. The van der Waals surface area contributed by atoms with E-state index in [0.29, 0.717) is 6.42 Å². The maximum atomic E-state index is 11.9. The Morgan fingerprint density at radius 1 is 1.29 bits per heavy atom. The molecule has 24 heavy (non-hydrogen) atoms. The Morgan fingerprint density at radius 2 is 2.08 bits per heavy atom. The fourth-order valence-corrected chi connectivity index (χ4v) is 3.89. The van der Waals surface area contributed by atoms with Crippen molar-refractivity contribution in [1.29, 1.82) is 0 Å². The minimum absolute atomic E-state index is 0.190. The lowest BCUT2D eigenvalue weighted by atomic mass is 10.1. The van der Waals surface area contributed by atoms with Gasteiger partial charge in [-0.1, -0.05) is 29.8 Å². The number of sulfonamides is 1. The molecule has 0 saturated carbocycles. The van der Waals surface area contributed by atoms with Gasteiger partial charge in [-0.05, 0) is 38.3 Å². The number of nitrogens with zero attached hydrogens (tertiary/aromatic N) is 2. The molecule has 0 aliphatic carbocycles. The maximum Gasteiger partial charge on any atom is 0.213 e. The SMILES string of the molecule is Cc1cccc(CN(CCCS(=O)(=O)N(C)C)CC2CCCO2)c1. The van der Waals surface area contributed by atoms with E-state index in [-0.39, 0.29) is 11.9 Å². The summed E-state index contributed by atoms with van der Waals surface area (Å²) in [5.41, 5.74) is 2.52. The van der Waals surface area contributed by atoms with Crippen LogP contribution >= 0.6 is 0 Å². The van der Waals surface area contributed by atoms with Crippen LogP contribution in [0.5, 0.6) is 0 Å². The predicted molar refractivity (Wildman–Crippen MR) is 97.5 cm³/mol. The molecular formula is C18H30N2O3S. The molecule has 136 valence electrons. The number of rotatable bonds is 9. The van der Waals surface area contributed by atoms with E-state index >= 15 is 0 Å². The number of benzene rings is 1. The van der Waals surface area contributed by atoms with Crippen molar-refractivity contribution >= 4 is 10.0 Å². The Hall–Kier alpha value is -0.950. The highest BCUT2D eigenvalue weighted by molar-refractivity contribution is 7.89. The lowest BCUT2D eigenvalue weighted by molar-refractivity contribution is 0.0706. The highest BCUT2D eigenvalue weighted by Crippen LogP contribution is 2.16. The van der Waals surface area contributed by atoms with Gasteiger partial charge >= 0.3 is 0 Å². The summed E-state index contributed by atoms with van der Waals surface area (Å²) in [6, 6.07) is 8.49. The van der Waals surface area contributed by atoms with Gasteiger partial charge in [-0.25, -0.2) is 12.7 Å². The molecule has 1 unspecified atom stereocenters. The molecule has 1 aromatic carbocycles. The third kappa shape index (κ3) is 6.16. The van der Waals surface area contributed by atoms with E-state index in [2.05, 4.69) is 36.1 Å². The van der Waals surface area contributed by atoms with Crippen LogP contribution in [0.25, 0.3) is 0 Å². The van der Waals surface area contributed by atoms with Crippen LogP contribution in [0.4, 0.5) is 0 Å². The zero-order chi connectivity index (χ0) is 17.6. The van der Waals surface area contributed by atoms with Gasteiger partial charge in [0.05, 0.1) is 11.9 Å². The molecule has 1 fully saturated rings. The van der Waals surface area contributed by atoms with Crippen molar-refractivity contribution in [2.24, 2.45) is 0 Å². The van der Waals surface area contributed by atoms with E-state index < -0.39 is 10.0 Å². The minimum Gasteiger partial charge on any atom is -0.377 e. The van der Waals surface area contributed by atoms with Crippen LogP contribution in [0.2, 0.25) is 0 Å². The van der Waals surface area contributed by atoms with Crippen LogP contribution in [-0.4, -0.2) is 63.3 Å². The fourth-order valence-electron chi connectivity index (χ4n) is 3.03. The molecule has 1 aliphatic rings. The van der Waals surface area contributed by atoms with Crippen molar-refractivity contribution in [2.75, 3.05) is 39.5 Å². The molecule has 0 aromatic heterocycles. The average molecular weight is 355 g/mol. The summed E-state index contributed by atoms with van der Waals surface area (Å²) in [7, 11) is 0.0537. The van der Waals surface area contributed by atoms with Crippen LogP contribution in [-0.2, 0) is 21.3 Å². The summed E-state index contributed by atoms with van der Waals surface area (Å²) in [6.07, 6.45) is 3.14. The first-order valence-corrected chi connectivity index (χ1v) is 10.3.